The summed E-state index contributed by atoms with van der Waals surface area (Å²) in [6.07, 6.45) is 1.70. The van der Waals surface area contributed by atoms with Crippen molar-refractivity contribution in [1.82, 2.24) is 20.4 Å². The molecule has 0 aliphatic heterocycles. The molecule has 0 saturated carbocycles. The van der Waals surface area contributed by atoms with Crippen LogP contribution in [0.15, 0.2) is 35.8 Å². The molecular weight excluding hydrogens is 304 g/mol. The van der Waals surface area contributed by atoms with Crippen molar-refractivity contribution in [2.24, 2.45) is 0 Å². The van der Waals surface area contributed by atoms with Crippen LogP contribution in [0, 0.1) is 11.8 Å². The van der Waals surface area contributed by atoms with Gasteiger partial charge in [-0.25, -0.2) is 14.9 Å². The number of hydrogen-bond donors (Lipinski definition) is 2. The quantitative estimate of drug-likeness (QED) is 0.719. The number of thiazole rings is 1. The fourth-order valence-electron chi connectivity index (χ4n) is 1.56. The number of carboxylic acid groups (broad SMARTS) is 1. The van der Waals surface area contributed by atoms with E-state index in [1.807, 2.05) is 5.38 Å². The first-order chi connectivity index (χ1) is 10.7. The number of aromatic nitrogens is 4. The second-order valence-electron chi connectivity index (χ2n) is 4.01. The highest BCUT2D eigenvalue weighted by molar-refractivity contribution is 7.10. The van der Waals surface area contributed by atoms with Gasteiger partial charge in [-0.3, -0.25) is 0 Å². The molecule has 0 aliphatic carbocycles. The topological polar surface area (TPSA) is 101 Å². The predicted molar refractivity (Wildman–Crippen MR) is 78.0 cm³/mol. The largest absolute Gasteiger partial charge is 0.476 e. The molecule has 0 bridgehead atoms. The van der Waals surface area contributed by atoms with Gasteiger partial charge in [0.15, 0.2) is 5.01 Å². The van der Waals surface area contributed by atoms with Crippen molar-refractivity contribution < 1.29 is 14.6 Å². The Morgan fingerprint density at radius 3 is 2.77 bits per heavy atom. The molecule has 22 heavy (non-hydrogen) atoms. The Kier molecular flexibility index (Phi) is 3.80. The zero-order valence-electron chi connectivity index (χ0n) is 11.0. The Morgan fingerprint density at radius 2 is 2.09 bits per heavy atom. The normalized spacial score (nSPS) is 9.82. The van der Waals surface area contributed by atoms with Crippen molar-refractivity contribution in [2.75, 3.05) is 0 Å². The van der Waals surface area contributed by atoms with Gasteiger partial charge in [0.2, 0.25) is 5.69 Å². The lowest BCUT2D eigenvalue weighted by Crippen LogP contribution is -1.99. The van der Waals surface area contributed by atoms with Crippen LogP contribution in [0.3, 0.4) is 0 Å². The summed E-state index contributed by atoms with van der Waals surface area (Å²) >= 11 is 1.47. The van der Waals surface area contributed by atoms with E-state index in [0.29, 0.717) is 5.75 Å². The number of carboxylic acids is 1. The summed E-state index contributed by atoms with van der Waals surface area (Å²) < 4.78 is 5.37. The highest BCUT2D eigenvalue weighted by Crippen LogP contribution is 2.21. The number of ether oxygens (including phenoxy) is 1. The standard InChI is InChI=1S/C14H8N4O3S/c19-14(20)12-13(17-18-16-12)21-10-4-1-9(2-5-10)3-6-11-15-7-8-22-11/h1-2,4-5,7-8H,(H,19,20)(H,16,17,18). The average molecular weight is 312 g/mol. The van der Waals surface area contributed by atoms with Crippen molar-refractivity contribution in [3.8, 4) is 23.5 Å². The summed E-state index contributed by atoms with van der Waals surface area (Å²) in [7, 11) is 0. The molecule has 2 aromatic heterocycles. The van der Waals surface area contributed by atoms with Gasteiger partial charge in [0.25, 0.3) is 5.88 Å². The first-order valence-electron chi connectivity index (χ1n) is 6.06. The molecule has 0 aliphatic rings. The Hall–Kier alpha value is -3.18. The number of carbonyl (C=O) groups is 1. The fourth-order valence-corrected chi connectivity index (χ4v) is 2.04. The number of benzene rings is 1. The van der Waals surface area contributed by atoms with Crippen LogP contribution in [0.4, 0.5) is 0 Å². The molecule has 1 aromatic carbocycles. The van der Waals surface area contributed by atoms with E-state index >= 15 is 0 Å². The van der Waals surface area contributed by atoms with Crippen molar-refractivity contribution >= 4 is 17.3 Å². The van der Waals surface area contributed by atoms with E-state index in [2.05, 4.69) is 32.2 Å². The highest BCUT2D eigenvalue weighted by atomic mass is 32.1. The number of nitrogens with zero attached hydrogens (tertiary/aromatic N) is 3. The van der Waals surface area contributed by atoms with Gasteiger partial charge in [-0.1, -0.05) is 16.2 Å². The van der Waals surface area contributed by atoms with Crippen LogP contribution < -0.4 is 4.74 Å². The summed E-state index contributed by atoms with van der Waals surface area (Å²) in [4.78, 5) is 15.0. The van der Waals surface area contributed by atoms with Gasteiger partial charge in [-0.15, -0.1) is 11.3 Å². The number of hydrogen-bond acceptors (Lipinski definition) is 6. The summed E-state index contributed by atoms with van der Waals surface area (Å²) in [5, 5.41) is 20.8. The molecule has 8 heteroatoms. The summed E-state index contributed by atoms with van der Waals surface area (Å²) in [6, 6.07) is 6.87. The Labute approximate surface area is 128 Å². The predicted octanol–water partition coefficient (Wildman–Crippen LogP) is 2.15. The van der Waals surface area contributed by atoms with Gasteiger partial charge < -0.3 is 9.84 Å². The lowest BCUT2D eigenvalue weighted by molar-refractivity contribution is 0.0687. The molecule has 108 valence electrons. The first-order valence-corrected chi connectivity index (χ1v) is 6.94. The summed E-state index contributed by atoms with van der Waals surface area (Å²) in [5.41, 5.74) is 0.591. The third-order valence-electron chi connectivity index (χ3n) is 2.55. The lowest BCUT2D eigenvalue weighted by Gasteiger charge is -2.02. The van der Waals surface area contributed by atoms with Crippen LogP contribution in [0.2, 0.25) is 0 Å². The molecule has 0 amide bonds. The Balaban J connectivity index is 1.74. The van der Waals surface area contributed by atoms with Crippen LogP contribution >= 0.6 is 11.3 Å². The Bertz CT molecular complexity index is 844. The van der Waals surface area contributed by atoms with E-state index in [1.165, 1.54) is 11.3 Å². The molecule has 0 atom stereocenters. The van der Waals surface area contributed by atoms with E-state index in [1.54, 1.807) is 30.5 Å². The molecule has 0 spiro atoms. The molecule has 0 saturated heterocycles. The molecule has 7 nitrogen and oxygen atoms in total. The first kappa shape index (κ1) is 13.8. The van der Waals surface area contributed by atoms with E-state index in [9.17, 15) is 4.79 Å². The van der Waals surface area contributed by atoms with Gasteiger partial charge in [0, 0.05) is 17.1 Å². The second kappa shape index (κ2) is 6.07. The molecule has 3 rings (SSSR count). The summed E-state index contributed by atoms with van der Waals surface area (Å²) in [5.74, 6) is 5.08. The number of nitrogens with one attached hydrogen (secondary N) is 1. The maximum absolute atomic E-state index is 10.9. The lowest BCUT2D eigenvalue weighted by atomic mass is 10.2. The van der Waals surface area contributed by atoms with Crippen molar-refractivity contribution in [2.45, 2.75) is 0 Å². The van der Waals surface area contributed by atoms with E-state index in [0.717, 1.165) is 10.6 Å². The molecule has 0 unspecified atom stereocenters. The fraction of sp³-hybridized carbons (Fsp3) is 0. The van der Waals surface area contributed by atoms with Crippen molar-refractivity contribution in [3.63, 3.8) is 0 Å². The van der Waals surface area contributed by atoms with Gasteiger partial charge in [-0.05, 0) is 30.2 Å². The number of rotatable bonds is 3. The van der Waals surface area contributed by atoms with Crippen LogP contribution in [0.25, 0.3) is 0 Å². The number of H-pyrrole nitrogens is 1. The molecule has 2 N–H and O–H groups in total. The maximum atomic E-state index is 10.9. The van der Waals surface area contributed by atoms with Gasteiger partial charge in [-0.2, -0.15) is 0 Å². The molecule has 2 heterocycles. The average Bonchev–Trinajstić information content (AvgIpc) is 3.17. The molecule has 0 radical (unpaired) electrons. The van der Waals surface area contributed by atoms with Crippen LogP contribution in [0.5, 0.6) is 11.6 Å². The van der Waals surface area contributed by atoms with Crippen LogP contribution in [0.1, 0.15) is 21.1 Å². The molecular formula is C14H8N4O3S. The maximum Gasteiger partial charge on any atom is 0.359 e. The van der Waals surface area contributed by atoms with Crippen LogP contribution in [-0.4, -0.2) is 31.5 Å². The zero-order chi connectivity index (χ0) is 15.4. The van der Waals surface area contributed by atoms with E-state index < -0.39 is 5.97 Å². The van der Waals surface area contributed by atoms with Gasteiger partial charge >= 0.3 is 5.97 Å². The second-order valence-corrected chi connectivity index (χ2v) is 4.91. The third-order valence-corrected chi connectivity index (χ3v) is 3.23. The number of aromatic carboxylic acids is 1. The van der Waals surface area contributed by atoms with Crippen LogP contribution in [-0.2, 0) is 0 Å². The highest BCUT2D eigenvalue weighted by Gasteiger charge is 2.16. The minimum absolute atomic E-state index is 0.0888. The van der Waals surface area contributed by atoms with Crippen molar-refractivity contribution in [3.05, 3.63) is 52.1 Å². The SMILES string of the molecule is O=C(O)c1[nH]nnc1Oc1ccc(C#Cc2nccs2)cc1. The van der Waals surface area contributed by atoms with E-state index in [-0.39, 0.29) is 11.6 Å². The number of aromatic amines is 1. The van der Waals surface area contributed by atoms with Gasteiger partial charge in [0.1, 0.15) is 5.75 Å². The minimum Gasteiger partial charge on any atom is -0.476 e. The van der Waals surface area contributed by atoms with Crippen molar-refractivity contribution in [1.29, 1.82) is 0 Å². The smallest absolute Gasteiger partial charge is 0.359 e. The summed E-state index contributed by atoms with van der Waals surface area (Å²) in [6.45, 7) is 0. The minimum atomic E-state index is -1.19. The zero-order valence-corrected chi connectivity index (χ0v) is 11.8. The van der Waals surface area contributed by atoms with Gasteiger partial charge in [0.05, 0.1) is 0 Å². The molecule has 0 fully saturated rings. The monoisotopic (exact) mass is 312 g/mol. The molecule has 3 aromatic rings. The Morgan fingerprint density at radius 1 is 1.27 bits per heavy atom. The van der Waals surface area contributed by atoms with E-state index in [4.69, 9.17) is 9.84 Å². The third kappa shape index (κ3) is 3.11.